The van der Waals surface area contributed by atoms with Crippen LogP contribution in [0.5, 0.6) is 0 Å². The van der Waals surface area contributed by atoms with E-state index in [0.29, 0.717) is 5.82 Å². The van der Waals surface area contributed by atoms with Crippen LogP contribution in [0.1, 0.15) is 34.9 Å². The fourth-order valence-electron chi connectivity index (χ4n) is 3.30. The van der Waals surface area contributed by atoms with Crippen molar-refractivity contribution in [1.29, 1.82) is 0 Å². The molecule has 0 fully saturated rings. The van der Waals surface area contributed by atoms with Gasteiger partial charge in [-0.25, -0.2) is 9.97 Å². The second kappa shape index (κ2) is 6.20. The van der Waals surface area contributed by atoms with Crippen LogP contribution in [-0.4, -0.2) is 15.9 Å². The standard InChI is InChI=1S/C18H18N4OS/c19-16(23)15(11-6-2-1-3-7-11)22-17-14-12-8-4-5-9-13(12)24-18(14)21-10-20-17/h1-3,6-7,10,15H,4-5,8-9H2,(H2,19,23)(H,20,21,22). The van der Waals surface area contributed by atoms with Crippen LogP contribution in [0.25, 0.3) is 10.2 Å². The molecule has 1 aliphatic rings. The number of nitrogens with zero attached hydrogens (tertiary/aromatic N) is 2. The lowest BCUT2D eigenvalue weighted by Gasteiger charge is -2.18. The van der Waals surface area contributed by atoms with E-state index in [1.54, 1.807) is 17.7 Å². The molecular formula is C18H18N4OS. The Hall–Kier alpha value is -2.47. The summed E-state index contributed by atoms with van der Waals surface area (Å²) in [5.74, 6) is 0.282. The number of aryl methyl sites for hydroxylation is 2. The molecule has 6 heteroatoms. The lowest BCUT2D eigenvalue weighted by Crippen LogP contribution is -2.28. The molecular weight excluding hydrogens is 320 g/mol. The average molecular weight is 338 g/mol. The van der Waals surface area contributed by atoms with Gasteiger partial charge in [-0.3, -0.25) is 4.79 Å². The number of fused-ring (bicyclic) bond motifs is 3. The molecule has 0 saturated carbocycles. The van der Waals surface area contributed by atoms with Gasteiger partial charge >= 0.3 is 0 Å². The largest absolute Gasteiger partial charge is 0.368 e. The van der Waals surface area contributed by atoms with Crippen LogP contribution < -0.4 is 11.1 Å². The summed E-state index contributed by atoms with van der Waals surface area (Å²) in [6.45, 7) is 0. The molecule has 0 bridgehead atoms. The molecule has 2 heterocycles. The van der Waals surface area contributed by atoms with Gasteiger partial charge in [0.2, 0.25) is 5.91 Å². The predicted octanol–water partition coefficient (Wildman–Crippen LogP) is 3.21. The van der Waals surface area contributed by atoms with Crippen LogP contribution in [0.15, 0.2) is 36.7 Å². The molecule has 24 heavy (non-hydrogen) atoms. The number of primary amides is 1. The van der Waals surface area contributed by atoms with Gasteiger partial charge in [-0.15, -0.1) is 11.3 Å². The van der Waals surface area contributed by atoms with Crippen LogP contribution in [0.3, 0.4) is 0 Å². The van der Waals surface area contributed by atoms with E-state index in [2.05, 4.69) is 15.3 Å². The number of hydrogen-bond acceptors (Lipinski definition) is 5. The fraction of sp³-hybridized carbons (Fsp3) is 0.278. The van der Waals surface area contributed by atoms with Gasteiger partial charge in [-0.1, -0.05) is 30.3 Å². The normalized spacial score (nSPS) is 15.0. The highest BCUT2D eigenvalue weighted by Gasteiger charge is 2.23. The van der Waals surface area contributed by atoms with Crippen molar-refractivity contribution in [3.63, 3.8) is 0 Å². The third kappa shape index (κ3) is 2.63. The summed E-state index contributed by atoms with van der Waals surface area (Å²) in [6.07, 6.45) is 6.11. The fourth-order valence-corrected chi connectivity index (χ4v) is 4.53. The van der Waals surface area contributed by atoms with Crippen molar-refractivity contribution in [2.75, 3.05) is 5.32 Å². The van der Waals surface area contributed by atoms with Gasteiger partial charge in [0, 0.05) is 4.88 Å². The number of thiophene rings is 1. The van der Waals surface area contributed by atoms with Crippen molar-refractivity contribution < 1.29 is 4.79 Å². The lowest BCUT2D eigenvalue weighted by atomic mass is 9.97. The molecule has 5 nitrogen and oxygen atoms in total. The Kier molecular flexibility index (Phi) is 3.90. The summed E-state index contributed by atoms with van der Waals surface area (Å²) in [7, 11) is 0. The smallest absolute Gasteiger partial charge is 0.244 e. The molecule has 3 aromatic rings. The summed E-state index contributed by atoms with van der Waals surface area (Å²) < 4.78 is 0. The molecule has 0 saturated heterocycles. The highest BCUT2D eigenvalue weighted by Crippen LogP contribution is 2.38. The van der Waals surface area contributed by atoms with E-state index >= 15 is 0 Å². The van der Waals surface area contributed by atoms with Gasteiger partial charge in [-0.2, -0.15) is 0 Å². The van der Waals surface area contributed by atoms with E-state index in [4.69, 9.17) is 5.73 Å². The first-order chi connectivity index (χ1) is 11.7. The topological polar surface area (TPSA) is 80.9 Å². The summed E-state index contributed by atoms with van der Waals surface area (Å²) in [4.78, 5) is 23.2. The van der Waals surface area contributed by atoms with Crippen LogP contribution in [0.2, 0.25) is 0 Å². The Morgan fingerprint density at radius 2 is 1.96 bits per heavy atom. The minimum absolute atomic E-state index is 0.419. The number of hydrogen-bond donors (Lipinski definition) is 2. The summed E-state index contributed by atoms with van der Waals surface area (Å²) in [5.41, 5.74) is 7.80. The van der Waals surface area contributed by atoms with Crippen molar-refractivity contribution >= 4 is 33.3 Å². The van der Waals surface area contributed by atoms with Gasteiger partial charge in [-0.05, 0) is 36.8 Å². The molecule has 1 aromatic carbocycles. The predicted molar refractivity (Wildman–Crippen MR) is 96.1 cm³/mol. The Labute approximate surface area is 143 Å². The number of rotatable bonds is 4. The van der Waals surface area contributed by atoms with Crippen LogP contribution in [-0.2, 0) is 17.6 Å². The van der Waals surface area contributed by atoms with Gasteiger partial charge in [0.1, 0.15) is 23.0 Å². The Bertz CT molecular complexity index is 891. The molecule has 1 atom stereocenters. The average Bonchev–Trinajstić information content (AvgIpc) is 2.99. The van der Waals surface area contributed by atoms with E-state index in [0.717, 1.165) is 28.6 Å². The molecule has 2 aromatic heterocycles. The van der Waals surface area contributed by atoms with Crippen molar-refractivity contribution in [2.24, 2.45) is 5.73 Å². The molecule has 4 rings (SSSR count). The Morgan fingerprint density at radius 3 is 2.75 bits per heavy atom. The first-order valence-electron chi connectivity index (χ1n) is 8.10. The quantitative estimate of drug-likeness (QED) is 0.765. The number of nitrogens with two attached hydrogens (primary N) is 1. The highest BCUT2D eigenvalue weighted by atomic mass is 32.1. The summed E-state index contributed by atoms with van der Waals surface area (Å²) in [6, 6.07) is 8.89. The van der Waals surface area contributed by atoms with E-state index < -0.39 is 11.9 Å². The van der Waals surface area contributed by atoms with Gasteiger partial charge < -0.3 is 11.1 Å². The molecule has 1 unspecified atom stereocenters. The highest BCUT2D eigenvalue weighted by molar-refractivity contribution is 7.19. The molecule has 3 N–H and O–H groups in total. The van der Waals surface area contributed by atoms with E-state index in [-0.39, 0.29) is 0 Å². The van der Waals surface area contributed by atoms with Crippen LogP contribution in [0, 0.1) is 0 Å². The van der Waals surface area contributed by atoms with Gasteiger partial charge in [0.05, 0.1) is 5.39 Å². The number of benzene rings is 1. The van der Waals surface area contributed by atoms with E-state index in [9.17, 15) is 4.79 Å². The first kappa shape index (κ1) is 15.1. The molecule has 0 radical (unpaired) electrons. The number of anilines is 1. The first-order valence-corrected chi connectivity index (χ1v) is 8.91. The van der Waals surface area contributed by atoms with Gasteiger partial charge in [0.25, 0.3) is 0 Å². The monoisotopic (exact) mass is 338 g/mol. The second-order valence-corrected chi connectivity index (χ2v) is 7.09. The minimum atomic E-state index is -0.608. The minimum Gasteiger partial charge on any atom is -0.368 e. The van der Waals surface area contributed by atoms with Crippen molar-refractivity contribution in [2.45, 2.75) is 31.7 Å². The molecule has 122 valence electrons. The zero-order chi connectivity index (χ0) is 16.5. The third-order valence-corrected chi connectivity index (χ3v) is 5.65. The number of aromatic nitrogens is 2. The van der Waals surface area contributed by atoms with Crippen molar-refractivity contribution in [3.05, 3.63) is 52.7 Å². The maximum atomic E-state index is 12.0. The maximum Gasteiger partial charge on any atom is 0.244 e. The third-order valence-electron chi connectivity index (χ3n) is 4.45. The number of carbonyl (C=O) groups is 1. The number of carbonyl (C=O) groups excluding carboxylic acids is 1. The van der Waals surface area contributed by atoms with Crippen LogP contribution >= 0.6 is 11.3 Å². The lowest BCUT2D eigenvalue weighted by molar-refractivity contribution is -0.118. The SMILES string of the molecule is NC(=O)C(Nc1ncnc2sc3c(c12)CCCC3)c1ccccc1. The maximum absolute atomic E-state index is 12.0. The molecule has 1 aliphatic carbocycles. The second-order valence-electron chi connectivity index (χ2n) is 6.00. The zero-order valence-corrected chi connectivity index (χ0v) is 14.0. The Morgan fingerprint density at radius 1 is 1.17 bits per heavy atom. The number of nitrogens with one attached hydrogen (secondary N) is 1. The molecule has 1 amide bonds. The summed E-state index contributed by atoms with van der Waals surface area (Å²) >= 11 is 1.74. The van der Waals surface area contributed by atoms with E-state index in [1.165, 1.54) is 23.3 Å². The van der Waals surface area contributed by atoms with E-state index in [1.807, 2.05) is 30.3 Å². The van der Waals surface area contributed by atoms with Gasteiger partial charge in [0.15, 0.2) is 0 Å². The zero-order valence-electron chi connectivity index (χ0n) is 13.2. The van der Waals surface area contributed by atoms with Crippen LogP contribution in [0.4, 0.5) is 5.82 Å². The Balaban J connectivity index is 1.78. The molecule has 0 spiro atoms. The molecule has 0 aliphatic heterocycles. The summed E-state index contributed by atoms with van der Waals surface area (Å²) in [5, 5.41) is 4.31. The van der Waals surface area contributed by atoms with Crippen molar-refractivity contribution in [1.82, 2.24) is 9.97 Å². The number of amides is 1. The van der Waals surface area contributed by atoms with Crippen molar-refractivity contribution in [3.8, 4) is 0 Å².